The minimum absolute atomic E-state index is 0.250. The second-order valence-electron chi connectivity index (χ2n) is 8.92. The highest BCUT2D eigenvalue weighted by Crippen LogP contribution is 2.35. The average molecular weight is 696 g/mol. The molecule has 206 valence electrons. The van der Waals surface area contributed by atoms with Crippen LogP contribution in [0.5, 0.6) is 11.5 Å². The first-order valence-corrected chi connectivity index (χ1v) is 14.6. The number of pyridine rings is 1. The van der Waals surface area contributed by atoms with Crippen molar-refractivity contribution in [2.24, 2.45) is 5.10 Å². The van der Waals surface area contributed by atoms with Gasteiger partial charge in [0.15, 0.2) is 11.5 Å². The molecule has 1 N–H and O–H groups in total. The number of ether oxygens (including phenoxy) is 2. The van der Waals surface area contributed by atoms with Crippen LogP contribution in [0, 0.1) is 3.57 Å². The lowest BCUT2D eigenvalue weighted by molar-refractivity contribution is 0.0956. The molecule has 0 aliphatic rings. The number of carbonyl (C=O) groups excluding carboxylic acids is 1. The molecule has 0 radical (unpaired) electrons. The van der Waals surface area contributed by atoms with E-state index in [0.717, 1.165) is 31.2 Å². The van der Waals surface area contributed by atoms with E-state index in [2.05, 4.69) is 33.1 Å². The topological polar surface area (TPSA) is 72.8 Å². The normalized spacial score (nSPS) is 11.1. The van der Waals surface area contributed by atoms with E-state index in [-0.39, 0.29) is 12.5 Å². The molecule has 9 heteroatoms. The Morgan fingerprint density at radius 1 is 0.976 bits per heavy atom. The first kappa shape index (κ1) is 28.9. The quantitative estimate of drug-likeness (QED) is 0.0953. The summed E-state index contributed by atoms with van der Waals surface area (Å²) in [4.78, 5) is 18.0. The number of nitrogens with one attached hydrogen (secondary N) is 1. The molecule has 0 aliphatic heterocycles. The molecule has 0 unspecified atom stereocenters. The summed E-state index contributed by atoms with van der Waals surface area (Å²) >= 11 is 14.5. The van der Waals surface area contributed by atoms with Crippen LogP contribution in [-0.2, 0) is 6.61 Å². The van der Waals surface area contributed by atoms with Gasteiger partial charge in [-0.05, 0) is 71.5 Å². The van der Waals surface area contributed by atoms with Crippen molar-refractivity contribution < 1.29 is 14.3 Å². The minimum Gasteiger partial charge on any atom is -0.490 e. The summed E-state index contributed by atoms with van der Waals surface area (Å²) in [5.41, 5.74) is 7.06. The van der Waals surface area contributed by atoms with Crippen molar-refractivity contribution in [3.8, 4) is 22.8 Å². The van der Waals surface area contributed by atoms with Gasteiger partial charge in [-0.1, -0.05) is 77.8 Å². The van der Waals surface area contributed by atoms with Crippen LogP contribution in [0.3, 0.4) is 0 Å². The minimum atomic E-state index is -0.337. The number of fused-ring (bicyclic) bond motifs is 1. The van der Waals surface area contributed by atoms with Crippen LogP contribution < -0.4 is 14.9 Å². The number of halogens is 3. The van der Waals surface area contributed by atoms with Crippen LogP contribution in [0.4, 0.5) is 0 Å². The number of hydrogen-bond donors (Lipinski definition) is 1. The zero-order valence-electron chi connectivity index (χ0n) is 21.9. The van der Waals surface area contributed by atoms with Crippen LogP contribution in [0.2, 0.25) is 10.0 Å². The average Bonchev–Trinajstić information content (AvgIpc) is 2.97. The van der Waals surface area contributed by atoms with Crippen molar-refractivity contribution in [3.63, 3.8) is 0 Å². The van der Waals surface area contributed by atoms with Gasteiger partial charge in [-0.25, -0.2) is 10.4 Å². The lowest BCUT2D eigenvalue weighted by Crippen LogP contribution is -2.18. The number of rotatable bonds is 9. The van der Waals surface area contributed by atoms with Crippen molar-refractivity contribution >= 4 is 68.8 Å². The Morgan fingerprint density at radius 2 is 1.76 bits per heavy atom. The molecule has 5 rings (SSSR count). The SMILES string of the molecule is CCOc1cc(/C=N\NC(=O)c2cc(-c3ccccc3)nc3ccccc23)cc(I)c1OCc1ccc(Cl)cc1Cl. The molecule has 6 nitrogen and oxygen atoms in total. The van der Waals surface area contributed by atoms with Crippen LogP contribution >= 0.6 is 45.8 Å². The molecule has 1 aromatic heterocycles. The van der Waals surface area contributed by atoms with Crippen molar-refractivity contribution in [2.45, 2.75) is 13.5 Å². The Balaban J connectivity index is 1.36. The number of hydrogen-bond acceptors (Lipinski definition) is 5. The number of aromatic nitrogens is 1. The van der Waals surface area contributed by atoms with E-state index in [1.807, 2.05) is 79.7 Å². The molecule has 1 heterocycles. The lowest BCUT2D eigenvalue weighted by Gasteiger charge is -2.15. The van der Waals surface area contributed by atoms with E-state index >= 15 is 0 Å². The Hall–Kier alpha value is -3.66. The molecule has 0 fully saturated rings. The number of benzene rings is 4. The van der Waals surface area contributed by atoms with Crippen molar-refractivity contribution in [2.75, 3.05) is 6.61 Å². The molecule has 1 amide bonds. The summed E-state index contributed by atoms with van der Waals surface area (Å²) in [5, 5.41) is 6.08. The number of para-hydroxylation sites is 1. The third-order valence-electron chi connectivity index (χ3n) is 6.13. The zero-order chi connectivity index (χ0) is 28.8. The fraction of sp³-hybridized carbons (Fsp3) is 0.0938. The van der Waals surface area contributed by atoms with Gasteiger partial charge in [-0.2, -0.15) is 5.10 Å². The number of hydrazone groups is 1. The van der Waals surface area contributed by atoms with E-state index in [4.69, 9.17) is 37.7 Å². The van der Waals surface area contributed by atoms with Crippen molar-refractivity contribution in [1.82, 2.24) is 10.4 Å². The van der Waals surface area contributed by atoms with Crippen LogP contribution in [0.15, 0.2) is 96.1 Å². The first-order valence-electron chi connectivity index (χ1n) is 12.7. The summed E-state index contributed by atoms with van der Waals surface area (Å²) in [7, 11) is 0. The van der Waals surface area contributed by atoms with Gasteiger partial charge in [-0.3, -0.25) is 4.79 Å². The number of amides is 1. The number of carbonyl (C=O) groups is 1. The summed E-state index contributed by atoms with van der Waals surface area (Å²) in [6.07, 6.45) is 1.57. The standard InChI is InChI=1S/C32H24Cl2IN3O3/c1-2-40-30-15-20(14-27(35)31(30)41-19-22-12-13-23(33)16-26(22)34)18-36-38-32(39)25-17-29(21-8-4-3-5-9-21)37-28-11-7-6-10-24(25)28/h3-18H,2,19H2,1H3,(H,38,39)/b36-18-. The van der Waals surface area contributed by atoms with Gasteiger partial charge in [0.25, 0.3) is 5.91 Å². The van der Waals surface area contributed by atoms with Gasteiger partial charge >= 0.3 is 0 Å². The zero-order valence-corrected chi connectivity index (χ0v) is 25.6. The number of nitrogens with zero attached hydrogens (tertiary/aromatic N) is 2. The summed E-state index contributed by atoms with van der Waals surface area (Å²) in [6.45, 7) is 2.60. The molecule has 0 bridgehead atoms. The molecule has 0 saturated carbocycles. The van der Waals surface area contributed by atoms with Gasteiger partial charge in [0, 0.05) is 26.6 Å². The third-order valence-corrected chi connectivity index (χ3v) is 7.52. The van der Waals surface area contributed by atoms with Gasteiger partial charge < -0.3 is 9.47 Å². The smallest absolute Gasteiger partial charge is 0.272 e. The van der Waals surface area contributed by atoms with Gasteiger partial charge in [0.2, 0.25) is 0 Å². The monoisotopic (exact) mass is 695 g/mol. The van der Waals surface area contributed by atoms with Gasteiger partial charge in [-0.15, -0.1) is 0 Å². The maximum absolute atomic E-state index is 13.3. The fourth-order valence-corrected chi connectivity index (χ4v) is 5.44. The molecular weight excluding hydrogens is 672 g/mol. The highest BCUT2D eigenvalue weighted by Gasteiger charge is 2.15. The molecule has 5 aromatic rings. The summed E-state index contributed by atoms with van der Waals surface area (Å²) < 4.78 is 12.8. The van der Waals surface area contributed by atoms with Crippen molar-refractivity contribution in [3.05, 3.63) is 121 Å². The van der Waals surface area contributed by atoms with E-state index in [0.29, 0.717) is 39.4 Å². The van der Waals surface area contributed by atoms with E-state index in [9.17, 15) is 4.79 Å². The maximum atomic E-state index is 13.3. The third kappa shape index (κ3) is 6.98. The van der Waals surface area contributed by atoms with Crippen molar-refractivity contribution in [1.29, 1.82) is 0 Å². The molecule has 0 saturated heterocycles. The fourth-order valence-electron chi connectivity index (χ4n) is 4.20. The highest BCUT2D eigenvalue weighted by atomic mass is 127. The van der Waals surface area contributed by atoms with E-state index < -0.39 is 0 Å². The highest BCUT2D eigenvalue weighted by molar-refractivity contribution is 14.1. The Bertz CT molecular complexity index is 1750. The van der Waals surface area contributed by atoms with Crippen LogP contribution in [0.1, 0.15) is 28.4 Å². The predicted octanol–water partition coefficient (Wildman–Crippen LogP) is 8.55. The maximum Gasteiger partial charge on any atom is 0.272 e. The molecule has 0 aliphatic carbocycles. The van der Waals surface area contributed by atoms with Crippen LogP contribution in [0.25, 0.3) is 22.2 Å². The first-order chi connectivity index (χ1) is 19.9. The molecule has 41 heavy (non-hydrogen) atoms. The molecule has 0 spiro atoms. The van der Waals surface area contributed by atoms with Crippen LogP contribution in [-0.4, -0.2) is 23.7 Å². The van der Waals surface area contributed by atoms with Gasteiger partial charge in [0.1, 0.15) is 6.61 Å². The second-order valence-corrected chi connectivity index (χ2v) is 10.9. The van der Waals surface area contributed by atoms with E-state index in [1.54, 1.807) is 24.4 Å². The second kappa shape index (κ2) is 13.3. The Morgan fingerprint density at radius 3 is 2.54 bits per heavy atom. The van der Waals surface area contributed by atoms with Gasteiger partial charge in [0.05, 0.1) is 33.2 Å². The predicted molar refractivity (Wildman–Crippen MR) is 173 cm³/mol. The molecular formula is C32H24Cl2IN3O3. The molecule has 0 atom stereocenters. The molecule has 4 aromatic carbocycles. The Labute approximate surface area is 261 Å². The lowest BCUT2D eigenvalue weighted by atomic mass is 10.0. The summed E-state index contributed by atoms with van der Waals surface area (Å²) in [5.74, 6) is 0.817. The Kier molecular flexibility index (Phi) is 9.38. The summed E-state index contributed by atoms with van der Waals surface area (Å²) in [6, 6.07) is 28.1. The van der Waals surface area contributed by atoms with E-state index in [1.165, 1.54) is 0 Å². The largest absolute Gasteiger partial charge is 0.490 e.